The second-order valence-electron chi connectivity index (χ2n) is 6.66. The summed E-state index contributed by atoms with van der Waals surface area (Å²) in [7, 11) is 3.13. The first-order valence-corrected chi connectivity index (χ1v) is 9.29. The van der Waals surface area contributed by atoms with Crippen LogP contribution in [-0.4, -0.2) is 29.7 Å². The molecule has 3 rings (SSSR count). The lowest BCUT2D eigenvalue weighted by Gasteiger charge is -2.13. The summed E-state index contributed by atoms with van der Waals surface area (Å²) in [6, 6.07) is 8.67. The highest BCUT2D eigenvalue weighted by Crippen LogP contribution is 2.30. The van der Waals surface area contributed by atoms with Gasteiger partial charge >= 0.3 is 5.97 Å². The maximum atomic E-state index is 12.6. The number of aryl methyl sites for hydroxylation is 3. The number of hydrogen-bond acceptors (Lipinski definition) is 6. The summed E-state index contributed by atoms with van der Waals surface area (Å²) in [4.78, 5) is 29.1. The van der Waals surface area contributed by atoms with E-state index < -0.39 is 5.97 Å². The van der Waals surface area contributed by atoms with E-state index in [2.05, 4.69) is 4.98 Å². The number of carbonyl (C=O) groups excluding carboxylic acids is 1. The molecule has 0 spiro atoms. The van der Waals surface area contributed by atoms with Crippen molar-refractivity contribution in [3.63, 3.8) is 0 Å². The minimum Gasteiger partial charge on any atom is -0.493 e. The van der Waals surface area contributed by atoms with Gasteiger partial charge in [0, 0.05) is 6.54 Å². The quantitative estimate of drug-likeness (QED) is 0.594. The minimum atomic E-state index is -0.463. The number of ether oxygens (including phenoxy) is 3. The molecule has 0 N–H and O–H groups in total. The van der Waals surface area contributed by atoms with Crippen molar-refractivity contribution < 1.29 is 19.0 Å². The largest absolute Gasteiger partial charge is 0.493 e. The van der Waals surface area contributed by atoms with Gasteiger partial charge in [-0.25, -0.2) is 9.78 Å². The van der Waals surface area contributed by atoms with Gasteiger partial charge in [-0.05, 0) is 62.2 Å². The van der Waals surface area contributed by atoms with Crippen LogP contribution in [-0.2, 0) is 17.9 Å². The fraction of sp³-hybridized carbons (Fsp3) is 0.318. The van der Waals surface area contributed by atoms with Crippen LogP contribution in [0, 0.1) is 13.8 Å². The fourth-order valence-electron chi connectivity index (χ4n) is 3.22. The molecule has 7 heteroatoms. The third-order valence-electron chi connectivity index (χ3n) is 4.86. The van der Waals surface area contributed by atoms with Crippen molar-refractivity contribution >= 4 is 17.0 Å². The predicted molar refractivity (Wildman–Crippen MR) is 110 cm³/mol. The van der Waals surface area contributed by atoms with Crippen LogP contribution in [0.3, 0.4) is 0 Å². The van der Waals surface area contributed by atoms with Crippen LogP contribution in [0.4, 0.5) is 0 Å². The Morgan fingerprint density at radius 1 is 1.07 bits per heavy atom. The Bertz CT molecular complexity index is 1130. The van der Waals surface area contributed by atoms with Crippen molar-refractivity contribution in [2.45, 2.75) is 33.9 Å². The van der Waals surface area contributed by atoms with Crippen LogP contribution >= 0.6 is 0 Å². The third-order valence-corrected chi connectivity index (χ3v) is 4.86. The molecule has 29 heavy (non-hydrogen) atoms. The summed E-state index contributed by atoms with van der Waals surface area (Å²) in [5, 5.41) is 0. The second kappa shape index (κ2) is 8.34. The smallest absolute Gasteiger partial charge is 0.338 e. The molecule has 0 saturated heterocycles. The average molecular weight is 396 g/mol. The van der Waals surface area contributed by atoms with Crippen LogP contribution in [0.1, 0.15) is 34.1 Å². The molecule has 0 saturated carbocycles. The van der Waals surface area contributed by atoms with E-state index in [4.69, 9.17) is 14.2 Å². The van der Waals surface area contributed by atoms with Gasteiger partial charge in [0.25, 0.3) is 5.56 Å². The Hall–Kier alpha value is -3.35. The number of nitrogens with zero attached hydrogens (tertiary/aromatic N) is 2. The predicted octanol–water partition coefficient (Wildman–Crippen LogP) is 3.41. The average Bonchev–Trinajstić information content (AvgIpc) is 2.72. The van der Waals surface area contributed by atoms with Crippen LogP contribution < -0.4 is 15.0 Å². The standard InChI is InChI=1S/C22H24N2O5/c1-6-24-18-8-7-15(10-17(18)23-14(3)21(24)25)22(26)29-12-16-11-20(28-5)19(27-4)9-13(16)2/h7-11H,6,12H2,1-5H3. The molecule has 152 valence electrons. The van der Waals surface area contributed by atoms with Gasteiger partial charge in [-0.1, -0.05) is 0 Å². The van der Waals surface area contributed by atoms with Gasteiger partial charge in [0.15, 0.2) is 11.5 Å². The highest BCUT2D eigenvalue weighted by Gasteiger charge is 2.14. The molecule has 0 aliphatic heterocycles. The normalized spacial score (nSPS) is 10.8. The molecule has 0 aliphatic carbocycles. The first-order valence-electron chi connectivity index (χ1n) is 9.29. The van der Waals surface area contributed by atoms with Gasteiger partial charge in [-0.2, -0.15) is 0 Å². The van der Waals surface area contributed by atoms with Crippen molar-refractivity contribution in [1.29, 1.82) is 0 Å². The summed E-state index contributed by atoms with van der Waals surface area (Å²) in [6.07, 6.45) is 0. The molecule has 2 aromatic carbocycles. The van der Waals surface area contributed by atoms with E-state index >= 15 is 0 Å². The van der Waals surface area contributed by atoms with Crippen molar-refractivity contribution in [1.82, 2.24) is 9.55 Å². The number of methoxy groups -OCH3 is 2. The number of aromatic nitrogens is 2. The zero-order valence-corrected chi connectivity index (χ0v) is 17.2. The number of benzene rings is 2. The number of carbonyl (C=O) groups is 1. The molecule has 1 heterocycles. The lowest BCUT2D eigenvalue weighted by atomic mass is 10.1. The third kappa shape index (κ3) is 3.94. The Morgan fingerprint density at radius 2 is 1.76 bits per heavy atom. The molecule has 0 aliphatic rings. The Balaban J connectivity index is 1.85. The van der Waals surface area contributed by atoms with Crippen LogP contribution in [0.15, 0.2) is 35.1 Å². The minimum absolute atomic E-state index is 0.101. The van der Waals surface area contributed by atoms with Gasteiger partial charge in [-0.3, -0.25) is 4.79 Å². The molecule has 0 unspecified atom stereocenters. The second-order valence-corrected chi connectivity index (χ2v) is 6.66. The summed E-state index contributed by atoms with van der Waals surface area (Å²) >= 11 is 0. The molecule has 0 atom stereocenters. The van der Waals surface area contributed by atoms with E-state index in [0.29, 0.717) is 40.3 Å². The molecular weight excluding hydrogens is 372 g/mol. The van der Waals surface area contributed by atoms with E-state index in [9.17, 15) is 9.59 Å². The summed E-state index contributed by atoms with van der Waals surface area (Å²) in [5.41, 5.74) is 3.67. The van der Waals surface area contributed by atoms with E-state index in [1.165, 1.54) is 0 Å². The maximum absolute atomic E-state index is 12.6. The van der Waals surface area contributed by atoms with Gasteiger partial charge in [0.1, 0.15) is 12.3 Å². The molecule has 3 aromatic rings. The van der Waals surface area contributed by atoms with E-state index in [1.807, 2.05) is 19.9 Å². The Labute approximate surface area is 168 Å². The number of esters is 1. The number of hydrogen-bond donors (Lipinski definition) is 0. The summed E-state index contributed by atoms with van der Waals surface area (Å²) in [6.45, 7) is 6.11. The molecule has 0 amide bonds. The van der Waals surface area contributed by atoms with Crippen molar-refractivity contribution in [3.05, 3.63) is 63.1 Å². The van der Waals surface area contributed by atoms with Crippen molar-refractivity contribution in [2.24, 2.45) is 0 Å². The molecule has 0 fully saturated rings. The zero-order valence-electron chi connectivity index (χ0n) is 17.2. The zero-order chi connectivity index (χ0) is 21.1. The van der Waals surface area contributed by atoms with E-state index in [-0.39, 0.29) is 12.2 Å². The van der Waals surface area contributed by atoms with E-state index in [1.54, 1.807) is 50.0 Å². The van der Waals surface area contributed by atoms with Gasteiger partial charge < -0.3 is 18.8 Å². The first-order chi connectivity index (χ1) is 13.9. The summed E-state index contributed by atoms with van der Waals surface area (Å²) < 4.78 is 17.7. The monoisotopic (exact) mass is 396 g/mol. The Kier molecular flexibility index (Phi) is 5.87. The fourth-order valence-corrected chi connectivity index (χ4v) is 3.22. The van der Waals surface area contributed by atoms with Crippen molar-refractivity contribution in [2.75, 3.05) is 14.2 Å². The lowest BCUT2D eigenvalue weighted by Crippen LogP contribution is -2.23. The molecule has 7 nitrogen and oxygen atoms in total. The van der Waals surface area contributed by atoms with Gasteiger partial charge in [0.05, 0.1) is 30.8 Å². The van der Waals surface area contributed by atoms with E-state index in [0.717, 1.165) is 11.1 Å². The van der Waals surface area contributed by atoms with Crippen LogP contribution in [0.25, 0.3) is 11.0 Å². The highest BCUT2D eigenvalue weighted by molar-refractivity contribution is 5.93. The topological polar surface area (TPSA) is 79.7 Å². The Morgan fingerprint density at radius 3 is 2.41 bits per heavy atom. The molecular formula is C22H24N2O5. The maximum Gasteiger partial charge on any atom is 0.338 e. The molecule has 0 radical (unpaired) electrons. The van der Waals surface area contributed by atoms with Gasteiger partial charge in [-0.15, -0.1) is 0 Å². The lowest BCUT2D eigenvalue weighted by molar-refractivity contribution is 0.0472. The SMILES string of the molecule is CCn1c(=O)c(C)nc2cc(C(=O)OCc3cc(OC)c(OC)cc3C)ccc21. The molecule has 0 bridgehead atoms. The first kappa shape index (κ1) is 20.4. The number of fused-ring (bicyclic) bond motifs is 1. The van der Waals surface area contributed by atoms with Crippen LogP contribution in [0.5, 0.6) is 11.5 Å². The summed E-state index contributed by atoms with van der Waals surface area (Å²) in [5.74, 6) is 0.736. The number of rotatable bonds is 6. The highest BCUT2D eigenvalue weighted by atomic mass is 16.5. The van der Waals surface area contributed by atoms with Gasteiger partial charge in [0.2, 0.25) is 0 Å². The van der Waals surface area contributed by atoms with Crippen molar-refractivity contribution in [3.8, 4) is 11.5 Å². The molecule has 1 aromatic heterocycles. The van der Waals surface area contributed by atoms with Crippen LogP contribution in [0.2, 0.25) is 0 Å².